The summed E-state index contributed by atoms with van der Waals surface area (Å²) in [5, 5.41) is 11.8. The molecule has 0 saturated heterocycles. The highest BCUT2D eigenvalue weighted by molar-refractivity contribution is 5.70. The molecule has 9 nitrogen and oxygen atoms in total. The van der Waals surface area contributed by atoms with Crippen LogP contribution in [-0.2, 0) is 33.3 Å². The third-order valence-corrected chi connectivity index (χ3v) is 14.3. The summed E-state index contributed by atoms with van der Waals surface area (Å²) in [7, 11) is 5.92. The van der Waals surface area contributed by atoms with E-state index in [-0.39, 0.29) is 38.6 Å². The second-order valence-electron chi connectivity index (χ2n) is 23.0. The minimum Gasteiger partial charge on any atom is -0.545 e. The summed E-state index contributed by atoms with van der Waals surface area (Å²) in [6.45, 7) is 4.73. The smallest absolute Gasteiger partial charge is 0.306 e. The lowest BCUT2D eigenvalue weighted by molar-refractivity contribution is -0.870. The molecule has 0 aliphatic rings. The number of quaternary nitrogens is 1. The number of nitrogens with zero attached hydrogens (tertiary/aromatic N) is 1. The summed E-state index contributed by atoms with van der Waals surface area (Å²) in [5.74, 6) is -2.28. The number of allylic oxidation sites excluding steroid dienone is 8. The Kier molecular flexibility index (Phi) is 56.3. The van der Waals surface area contributed by atoms with Crippen LogP contribution in [0.5, 0.6) is 0 Å². The molecule has 0 saturated carbocycles. The Morgan fingerprint density at radius 2 is 0.711 bits per heavy atom. The number of likely N-dealkylation sites (N-methyl/N-ethyl adjacent to an activating group) is 1. The van der Waals surface area contributed by atoms with Crippen molar-refractivity contribution >= 4 is 17.9 Å². The van der Waals surface area contributed by atoms with E-state index in [0.717, 1.165) is 64.2 Å². The summed E-state index contributed by atoms with van der Waals surface area (Å²) < 4.78 is 22.7. The Morgan fingerprint density at radius 3 is 1.09 bits per heavy atom. The van der Waals surface area contributed by atoms with E-state index in [4.69, 9.17) is 18.9 Å². The zero-order valence-corrected chi connectivity index (χ0v) is 50.6. The highest BCUT2D eigenvalue weighted by atomic mass is 16.7. The van der Waals surface area contributed by atoms with Crippen molar-refractivity contribution < 1.29 is 42.9 Å². The highest BCUT2D eigenvalue weighted by Crippen LogP contribution is 2.17. The largest absolute Gasteiger partial charge is 0.545 e. The molecule has 0 N–H and O–H groups in total. The molecule has 444 valence electrons. The van der Waals surface area contributed by atoms with Gasteiger partial charge in [0.2, 0.25) is 0 Å². The minimum atomic E-state index is -1.62. The van der Waals surface area contributed by atoms with E-state index in [1.807, 2.05) is 21.1 Å². The van der Waals surface area contributed by atoms with Crippen LogP contribution in [0.4, 0.5) is 0 Å². The number of aliphatic carboxylic acids is 1. The molecule has 0 aliphatic heterocycles. The van der Waals surface area contributed by atoms with Gasteiger partial charge in [-0.1, -0.05) is 262 Å². The van der Waals surface area contributed by atoms with Gasteiger partial charge in [-0.25, -0.2) is 0 Å². The van der Waals surface area contributed by atoms with Crippen LogP contribution in [0.15, 0.2) is 48.6 Å². The summed E-state index contributed by atoms with van der Waals surface area (Å²) in [4.78, 5) is 37.2. The zero-order valence-electron chi connectivity index (χ0n) is 50.6. The summed E-state index contributed by atoms with van der Waals surface area (Å²) in [6, 6.07) is 0. The number of hydrogen-bond acceptors (Lipinski definition) is 8. The topological polar surface area (TPSA) is 111 Å². The SMILES string of the molecule is CCCCC/C=C\CCCCCCCC(=O)OCC(COC(OCC[N+](C)(C)C)C(=O)[O-])OC(=O)CCCCCCCCCCCCCCCCCCCCCCCCCC/C=C\C/C=C\C/C=C\CCCCCCC. The van der Waals surface area contributed by atoms with Gasteiger partial charge in [0.1, 0.15) is 13.2 Å². The third-order valence-electron chi connectivity index (χ3n) is 14.3. The number of carbonyl (C=O) groups is 3. The monoisotopic (exact) mass is 1070 g/mol. The lowest BCUT2D eigenvalue weighted by Gasteiger charge is -2.26. The maximum atomic E-state index is 12.9. The summed E-state index contributed by atoms with van der Waals surface area (Å²) in [6.07, 6.45) is 70.7. The van der Waals surface area contributed by atoms with Gasteiger partial charge in [-0.05, 0) is 77.0 Å². The van der Waals surface area contributed by atoms with E-state index in [1.54, 1.807) is 0 Å². The molecule has 0 aromatic heterocycles. The van der Waals surface area contributed by atoms with Crippen molar-refractivity contribution in [1.29, 1.82) is 0 Å². The lowest BCUT2D eigenvalue weighted by atomic mass is 10.0. The molecule has 2 atom stereocenters. The number of esters is 2. The van der Waals surface area contributed by atoms with Gasteiger partial charge in [-0.3, -0.25) is 9.59 Å². The Hall–Kier alpha value is -2.75. The molecule has 0 heterocycles. The van der Waals surface area contributed by atoms with Crippen molar-refractivity contribution in [3.05, 3.63) is 48.6 Å². The number of unbranched alkanes of at least 4 members (excludes halogenated alkanes) is 37. The number of carboxylic acids is 1. The number of hydrogen-bond donors (Lipinski definition) is 0. The van der Waals surface area contributed by atoms with Gasteiger partial charge >= 0.3 is 11.9 Å². The van der Waals surface area contributed by atoms with Gasteiger partial charge in [0.25, 0.3) is 0 Å². The van der Waals surface area contributed by atoms with Crippen LogP contribution in [0.1, 0.15) is 303 Å². The summed E-state index contributed by atoms with van der Waals surface area (Å²) >= 11 is 0. The van der Waals surface area contributed by atoms with Crippen molar-refractivity contribution in [2.24, 2.45) is 0 Å². The van der Waals surface area contributed by atoms with Gasteiger partial charge in [-0.2, -0.15) is 0 Å². The quantitative estimate of drug-likeness (QED) is 0.0195. The average molecular weight is 1070 g/mol. The van der Waals surface area contributed by atoms with E-state index in [9.17, 15) is 19.5 Å². The number of carboxylic acid groups (broad SMARTS) is 1. The first-order chi connectivity index (χ1) is 37.1. The van der Waals surface area contributed by atoms with Crippen molar-refractivity contribution in [3.8, 4) is 0 Å². The molecular weight excluding hydrogens is 947 g/mol. The first-order valence-corrected chi connectivity index (χ1v) is 32.3. The molecule has 76 heavy (non-hydrogen) atoms. The fraction of sp³-hybridized carbons (Fsp3) is 0.836. The third kappa shape index (κ3) is 58.9. The van der Waals surface area contributed by atoms with Crippen LogP contribution in [0.3, 0.4) is 0 Å². The van der Waals surface area contributed by atoms with Crippen molar-refractivity contribution in [2.45, 2.75) is 315 Å². The molecule has 9 heteroatoms. The van der Waals surface area contributed by atoms with Gasteiger partial charge in [0.05, 0.1) is 40.3 Å². The maximum absolute atomic E-state index is 12.9. The second kappa shape index (κ2) is 58.4. The number of rotatable bonds is 60. The zero-order chi connectivity index (χ0) is 55.5. The van der Waals surface area contributed by atoms with Crippen LogP contribution < -0.4 is 5.11 Å². The molecule has 2 unspecified atom stereocenters. The first-order valence-electron chi connectivity index (χ1n) is 32.3. The average Bonchev–Trinajstić information content (AvgIpc) is 3.39. The Bertz CT molecular complexity index is 1380. The molecule has 0 bridgehead atoms. The van der Waals surface area contributed by atoms with E-state index >= 15 is 0 Å². The second-order valence-corrected chi connectivity index (χ2v) is 23.0. The van der Waals surface area contributed by atoms with Gasteiger partial charge < -0.3 is 33.3 Å². The van der Waals surface area contributed by atoms with Crippen LogP contribution in [0.2, 0.25) is 0 Å². The molecule has 0 radical (unpaired) electrons. The maximum Gasteiger partial charge on any atom is 0.306 e. The van der Waals surface area contributed by atoms with E-state index in [1.165, 1.54) is 205 Å². The van der Waals surface area contributed by atoms with Crippen molar-refractivity contribution in [1.82, 2.24) is 0 Å². The molecule has 0 aromatic rings. The van der Waals surface area contributed by atoms with Crippen LogP contribution in [0, 0.1) is 0 Å². The highest BCUT2D eigenvalue weighted by Gasteiger charge is 2.22. The fourth-order valence-corrected chi connectivity index (χ4v) is 9.31. The number of ether oxygens (including phenoxy) is 4. The Labute approximate surface area is 470 Å². The van der Waals surface area contributed by atoms with Gasteiger partial charge in [0, 0.05) is 12.8 Å². The van der Waals surface area contributed by atoms with Crippen LogP contribution in [0.25, 0.3) is 0 Å². The predicted octanol–water partition coefficient (Wildman–Crippen LogP) is 18.1. The normalized spacial score (nSPS) is 13.0. The Morgan fingerprint density at radius 1 is 0.395 bits per heavy atom. The van der Waals surface area contributed by atoms with Crippen LogP contribution in [-0.4, -0.2) is 82.3 Å². The van der Waals surface area contributed by atoms with Crippen molar-refractivity contribution in [3.63, 3.8) is 0 Å². The predicted molar refractivity (Wildman–Crippen MR) is 320 cm³/mol. The van der Waals surface area contributed by atoms with E-state index in [0.29, 0.717) is 17.4 Å². The fourth-order valence-electron chi connectivity index (χ4n) is 9.31. The molecular formula is C67H123NO8. The molecule has 0 rings (SSSR count). The van der Waals surface area contributed by atoms with Gasteiger partial charge in [-0.15, -0.1) is 0 Å². The Balaban J connectivity index is 3.92. The minimum absolute atomic E-state index is 0.148. The molecule has 0 aromatic carbocycles. The van der Waals surface area contributed by atoms with Crippen molar-refractivity contribution in [2.75, 3.05) is 47.5 Å². The van der Waals surface area contributed by atoms with Gasteiger partial charge in [0.15, 0.2) is 12.4 Å². The van der Waals surface area contributed by atoms with Crippen LogP contribution >= 0.6 is 0 Å². The molecule has 0 aliphatic carbocycles. The standard InChI is InChI=1S/C67H123NO8/c1-6-8-10-12-14-16-18-20-21-22-23-24-25-26-27-28-29-30-31-32-33-34-35-36-37-38-39-40-41-42-43-44-45-46-48-50-52-54-56-58-65(70)76-63(62-75-67(66(71)72)73-60-59-68(3,4)5)61-74-64(69)57-55-53-51-49-47-19-17-15-13-11-9-7-2/h15,17-18,20,22-23,25-26,63,67H,6-14,16,19,21,24,27-62H2,1-5H3/b17-15-,20-18-,23-22-,26-25-. The molecule has 0 spiro atoms. The number of carbonyl (C=O) groups excluding carboxylic acids is 3. The summed E-state index contributed by atoms with van der Waals surface area (Å²) in [5.41, 5.74) is 0. The first kappa shape index (κ1) is 73.2. The van der Waals surface area contributed by atoms with E-state index in [2.05, 4.69) is 62.5 Å². The van der Waals surface area contributed by atoms with E-state index < -0.39 is 24.3 Å². The lowest BCUT2D eigenvalue weighted by Crippen LogP contribution is -2.44. The molecule has 0 fully saturated rings. The molecule has 0 amide bonds.